The van der Waals surface area contributed by atoms with Gasteiger partial charge in [0.1, 0.15) is 28.9 Å². The summed E-state index contributed by atoms with van der Waals surface area (Å²) >= 11 is 0. The second-order valence-corrected chi connectivity index (χ2v) is 8.08. The van der Waals surface area contributed by atoms with Crippen LogP contribution in [0.5, 0.6) is 17.2 Å². The summed E-state index contributed by atoms with van der Waals surface area (Å²) < 4.78 is 72.6. The number of phenolic OH excluding ortho intramolecular Hbond substituents is 2. The summed E-state index contributed by atoms with van der Waals surface area (Å²) in [5, 5.41) is 21.4. The number of hydrogen-bond acceptors (Lipinski definition) is 3. The first-order chi connectivity index (χ1) is 16.0. The number of phenols is 2. The van der Waals surface area contributed by atoms with Gasteiger partial charge in [-0.25, -0.2) is 8.78 Å². The van der Waals surface area contributed by atoms with E-state index < -0.39 is 42.3 Å². The molecule has 0 bridgehead atoms. The molecule has 3 aromatic rings. The second kappa shape index (κ2) is 10.3. The average Bonchev–Trinajstić information content (AvgIpc) is 2.78. The number of aryl methyl sites for hydroxylation is 2. The lowest BCUT2D eigenvalue weighted by molar-refractivity contribution is -0.134. The third-order valence-corrected chi connectivity index (χ3v) is 5.66. The molecule has 0 saturated heterocycles. The van der Waals surface area contributed by atoms with Crippen LogP contribution in [0.3, 0.4) is 0 Å². The molecule has 0 amide bonds. The van der Waals surface area contributed by atoms with E-state index in [1.165, 1.54) is 13.2 Å². The van der Waals surface area contributed by atoms with Crippen molar-refractivity contribution in [1.82, 2.24) is 0 Å². The fourth-order valence-corrected chi connectivity index (χ4v) is 3.96. The topological polar surface area (TPSA) is 49.7 Å². The Kier molecular flexibility index (Phi) is 7.69. The smallest absolute Gasteiger partial charge is 0.389 e. The molecule has 34 heavy (non-hydrogen) atoms. The maximum Gasteiger partial charge on any atom is 0.389 e. The van der Waals surface area contributed by atoms with Crippen LogP contribution in [0.1, 0.15) is 53.5 Å². The van der Waals surface area contributed by atoms with Gasteiger partial charge in [0.05, 0.1) is 7.11 Å². The fraction of sp³-hybridized carbons (Fsp3) is 0.308. The van der Waals surface area contributed by atoms with Crippen LogP contribution in [-0.4, -0.2) is 23.5 Å². The molecule has 0 radical (unpaired) electrons. The Morgan fingerprint density at radius 1 is 0.824 bits per heavy atom. The van der Waals surface area contributed by atoms with E-state index in [0.717, 1.165) is 18.2 Å². The molecule has 2 N–H and O–H groups in total. The Hall–Kier alpha value is -3.29. The van der Waals surface area contributed by atoms with Crippen LogP contribution in [0.4, 0.5) is 22.0 Å². The molecule has 1 unspecified atom stereocenters. The van der Waals surface area contributed by atoms with Crippen molar-refractivity contribution in [3.63, 3.8) is 0 Å². The summed E-state index contributed by atoms with van der Waals surface area (Å²) in [6.45, 7) is 1.87. The van der Waals surface area contributed by atoms with Crippen molar-refractivity contribution >= 4 is 0 Å². The van der Waals surface area contributed by atoms with Gasteiger partial charge in [0.2, 0.25) is 0 Å². The molecule has 0 fully saturated rings. The molecule has 3 aromatic carbocycles. The lowest BCUT2D eigenvalue weighted by atomic mass is 9.82. The molecule has 0 aliphatic rings. The standard InChI is InChI=1S/C26H25F5O3/c1-3-4-16-11-23(32)19(13-21(16)27)25(15-5-7-18(34-2)8-6-15)20-14-22(28)17(12-24(20)33)9-10-26(29,30)31/h5-8,11-14,25,32-33H,3-4,9-10H2,1-2H3. The molecule has 0 aromatic heterocycles. The van der Waals surface area contributed by atoms with E-state index in [0.29, 0.717) is 29.7 Å². The van der Waals surface area contributed by atoms with Gasteiger partial charge in [0.15, 0.2) is 0 Å². The van der Waals surface area contributed by atoms with Crippen molar-refractivity contribution in [3.8, 4) is 17.2 Å². The summed E-state index contributed by atoms with van der Waals surface area (Å²) in [6, 6.07) is 10.8. The molecule has 0 aliphatic carbocycles. The lowest BCUT2D eigenvalue weighted by Gasteiger charge is -2.23. The van der Waals surface area contributed by atoms with Gasteiger partial charge in [-0.05, 0) is 65.9 Å². The quantitative estimate of drug-likeness (QED) is 0.269. The Morgan fingerprint density at radius 2 is 1.32 bits per heavy atom. The van der Waals surface area contributed by atoms with Gasteiger partial charge in [-0.2, -0.15) is 13.2 Å². The van der Waals surface area contributed by atoms with E-state index in [9.17, 15) is 32.2 Å². The summed E-state index contributed by atoms with van der Waals surface area (Å²) in [4.78, 5) is 0. The molecule has 8 heteroatoms. The first kappa shape index (κ1) is 25.3. The third kappa shape index (κ3) is 5.79. The highest BCUT2D eigenvalue weighted by Gasteiger charge is 2.29. The number of hydrogen-bond donors (Lipinski definition) is 2. The van der Waals surface area contributed by atoms with E-state index in [-0.39, 0.29) is 22.4 Å². The zero-order valence-corrected chi connectivity index (χ0v) is 18.7. The van der Waals surface area contributed by atoms with Crippen LogP contribution in [0.25, 0.3) is 0 Å². The highest BCUT2D eigenvalue weighted by molar-refractivity contribution is 5.55. The minimum atomic E-state index is -4.48. The fourth-order valence-electron chi connectivity index (χ4n) is 3.96. The number of alkyl halides is 3. The Morgan fingerprint density at radius 3 is 1.76 bits per heavy atom. The van der Waals surface area contributed by atoms with Crippen LogP contribution in [0.15, 0.2) is 48.5 Å². The van der Waals surface area contributed by atoms with Crippen LogP contribution in [0, 0.1) is 11.6 Å². The molecular weight excluding hydrogens is 455 g/mol. The van der Waals surface area contributed by atoms with Crippen molar-refractivity contribution in [3.05, 3.63) is 88.0 Å². The first-order valence-electron chi connectivity index (χ1n) is 10.8. The van der Waals surface area contributed by atoms with Gasteiger partial charge < -0.3 is 14.9 Å². The van der Waals surface area contributed by atoms with Gasteiger partial charge in [0.25, 0.3) is 0 Å². The van der Waals surface area contributed by atoms with Crippen LogP contribution >= 0.6 is 0 Å². The number of benzene rings is 3. The molecule has 3 nitrogen and oxygen atoms in total. The molecule has 0 saturated carbocycles. The van der Waals surface area contributed by atoms with Gasteiger partial charge in [-0.3, -0.25) is 0 Å². The molecule has 0 spiro atoms. The number of aromatic hydroxyl groups is 2. The summed E-state index contributed by atoms with van der Waals surface area (Å²) in [5.41, 5.74) is 0.573. The highest BCUT2D eigenvalue weighted by atomic mass is 19.4. The van der Waals surface area contributed by atoms with Crippen molar-refractivity contribution in [2.45, 2.75) is 44.7 Å². The third-order valence-electron chi connectivity index (χ3n) is 5.66. The number of halogens is 5. The number of methoxy groups -OCH3 is 1. The van der Waals surface area contributed by atoms with E-state index in [2.05, 4.69) is 0 Å². The van der Waals surface area contributed by atoms with Gasteiger partial charge >= 0.3 is 6.18 Å². The van der Waals surface area contributed by atoms with Gasteiger partial charge in [-0.1, -0.05) is 25.5 Å². The van der Waals surface area contributed by atoms with Gasteiger partial charge in [-0.15, -0.1) is 0 Å². The van der Waals surface area contributed by atoms with Crippen molar-refractivity contribution in [2.75, 3.05) is 7.11 Å². The molecule has 0 aliphatic heterocycles. The normalized spacial score (nSPS) is 12.6. The SMILES string of the molecule is CCCc1cc(O)c(C(c2ccc(OC)cc2)c2cc(F)c(CCC(F)(F)F)cc2O)cc1F. The van der Waals surface area contributed by atoms with Gasteiger partial charge in [0, 0.05) is 23.5 Å². The Balaban J connectivity index is 2.15. The maximum absolute atomic E-state index is 14.8. The van der Waals surface area contributed by atoms with Crippen molar-refractivity contribution in [1.29, 1.82) is 0 Å². The van der Waals surface area contributed by atoms with Crippen molar-refractivity contribution in [2.24, 2.45) is 0 Å². The van der Waals surface area contributed by atoms with E-state index in [4.69, 9.17) is 4.74 Å². The maximum atomic E-state index is 14.8. The molecule has 3 rings (SSSR count). The van der Waals surface area contributed by atoms with E-state index in [1.807, 2.05) is 6.92 Å². The lowest BCUT2D eigenvalue weighted by Crippen LogP contribution is -2.10. The van der Waals surface area contributed by atoms with Crippen LogP contribution in [-0.2, 0) is 12.8 Å². The summed E-state index contributed by atoms with van der Waals surface area (Å²) in [6.07, 6.45) is -5.29. The minimum Gasteiger partial charge on any atom is -0.508 e. The summed E-state index contributed by atoms with van der Waals surface area (Å²) in [7, 11) is 1.47. The van der Waals surface area contributed by atoms with Crippen LogP contribution in [0.2, 0.25) is 0 Å². The monoisotopic (exact) mass is 480 g/mol. The zero-order valence-electron chi connectivity index (χ0n) is 18.7. The number of rotatable bonds is 8. The van der Waals surface area contributed by atoms with Crippen LogP contribution < -0.4 is 4.74 Å². The Labute approximate surface area is 194 Å². The first-order valence-corrected chi connectivity index (χ1v) is 10.8. The minimum absolute atomic E-state index is 0.0173. The second-order valence-electron chi connectivity index (χ2n) is 8.08. The predicted octanol–water partition coefficient (Wildman–Crippen LogP) is 7.01. The van der Waals surface area contributed by atoms with E-state index in [1.54, 1.807) is 24.3 Å². The molecule has 1 atom stereocenters. The predicted molar refractivity (Wildman–Crippen MR) is 118 cm³/mol. The zero-order chi connectivity index (χ0) is 25.0. The van der Waals surface area contributed by atoms with E-state index >= 15 is 0 Å². The molecule has 0 heterocycles. The largest absolute Gasteiger partial charge is 0.508 e. The molecule has 182 valence electrons. The number of ether oxygens (including phenoxy) is 1. The average molecular weight is 480 g/mol. The molecular formula is C26H25F5O3. The highest BCUT2D eigenvalue weighted by Crippen LogP contribution is 2.43. The van der Waals surface area contributed by atoms with Crippen molar-refractivity contribution < 1.29 is 36.9 Å². The Bertz CT molecular complexity index is 1140. The summed E-state index contributed by atoms with van der Waals surface area (Å²) in [5.74, 6) is -2.67.